The summed E-state index contributed by atoms with van der Waals surface area (Å²) >= 11 is 0. The molecule has 158 valence electrons. The van der Waals surface area contributed by atoms with Crippen molar-refractivity contribution in [2.24, 2.45) is 0 Å². The summed E-state index contributed by atoms with van der Waals surface area (Å²) in [7, 11) is 0. The standard InChI is InChI=1S/C20H28N6O2.ClH/c1-13-17(24-25-26(13)16-8-10-21-11-9-16)19(28)22-15-7-5-6-14(12-15)18(27)23-20(2,3)4;/h5-7,12,16,21H,8-11H2,1-4H3,(H,22,28)(H,23,27);1H. The van der Waals surface area contributed by atoms with E-state index in [1.54, 1.807) is 24.3 Å². The lowest BCUT2D eigenvalue weighted by Crippen LogP contribution is -2.40. The van der Waals surface area contributed by atoms with E-state index in [4.69, 9.17) is 0 Å². The van der Waals surface area contributed by atoms with E-state index in [0.29, 0.717) is 16.9 Å². The van der Waals surface area contributed by atoms with Gasteiger partial charge in [0.1, 0.15) is 0 Å². The molecule has 2 heterocycles. The Kier molecular flexibility index (Phi) is 7.37. The molecule has 8 nitrogen and oxygen atoms in total. The van der Waals surface area contributed by atoms with Crippen molar-refractivity contribution in [3.63, 3.8) is 0 Å². The highest BCUT2D eigenvalue weighted by atomic mass is 35.5. The molecule has 29 heavy (non-hydrogen) atoms. The van der Waals surface area contributed by atoms with Crippen LogP contribution in [-0.2, 0) is 0 Å². The van der Waals surface area contributed by atoms with E-state index in [1.807, 2.05) is 32.4 Å². The third kappa shape index (κ3) is 5.77. The number of hydrogen-bond donors (Lipinski definition) is 3. The van der Waals surface area contributed by atoms with Gasteiger partial charge in [-0.2, -0.15) is 0 Å². The highest BCUT2D eigenvalue weighted by Crippen LogP contribution is 2.21. The quantitative estimate of drug-likeness (QED) is 0.706. The second kappa shape index (κ2) is 9.37. The van der Waals surface area contributed by atoms with E-state index in [1.165, 1.54) is 0 Å². The molecular formula is C20H29ClN6O2. The Hall–Kier alpha value is -2.45. The molecule has 3 rings (SSSR count). The smallest absolute Gasteiger partial charge is 0.278 e. The van der Waals surface area contributed by atoms with Crippen molar-refractivity contribution in [2.75, 3.05) is 18.4 Å². The minimum Gasteiger partial charge on any atom is -0.347 e. The molecule has 0 unspecified atom stereocenters. The Morgan fingerprint density at radius 3 is 2.52 bits per heavy atom. The Morgan fingerprint density at radius 1 is 1.17 bits per heavy atom. The van der Waals surface area contributed by atoms with Crippen LogP contribution in [0.15, 0.2) is 24.3 Å². The zero-order chi connectivity index (χ0) is 20.3. The van der Waals surface area contributed by atoms with Gasteiger partial charge in [0.2, 0.25) is 0 Å². The van der Waals surface area contributed by atoms with Crippen LogP contribution in [0.25, 0.3) is 0 Å². The van der Waals surface area contributed by atoms with E-state index in [9.17, 15) is 9.59 Å². The van der Waals surface area contributed by atoms with Gasteiger partial charge in [0.25, 0.3) is 11.8 Å². The van der Waals surface area contributed by atoms with Crippen molar-refractivity contribution in [1.82, 2.24) is 25.6 Å². The van der Waals surface area contributed by atoms with Crippen molar-refractivity contribution in [1.29, 1.82) is 0 Å². The predicted octanol–water partition coefficient (Wildman–Crippen LogP) is 2.71. The Labute approximate surface area is 177 Å². The molecule has 0 radical (unpaired) electrons. The summed E-state index contributed by atoms with van der Waals surface area (Å²) in [5, 5.41) is 17.4. The van der Waals surface area contributed by atoms with Crippen LogP contribution >= 0.6 is 12.4 Å². The topological polar surface area (TPSA) is 101 Å². The predicted molar refractivity (Wildman–Crippen MR) is 115 cm³/mol. The fraction of sp³-hybridized carbons (Fsp3) is 0.500. The molecule has 1 saturated heterocycles. The van der Waals surface area contributed by atoms with Crippen molar-refractivity contribution in [3.8, 4) is 0 Å². The normalized spacial score (nSPS) is 14.8. The largest absolute Gasteiger partial charge is 0.347 e. The molecule has 0 spiro atoms. The number of hydrogen-bond acceptors (Lipinski definition) is 5. The van der Waals surface area contributed by atoms with Crippen molar-refractivity contribution in [3.05, 3.63) is 41.2 Å². The van der Waals surface area contributed by atoms with Gasteiger partial charge in [-0.1, -0.05) is 11.3 Å². The highest BCUT2D eigenvalue weighted by molar-refractivity contribution is 6.04. The summed E-state index contributed by atoms with van der Waals surface area (Å²) in [5.41, 5.74) is 1.76. The summed E-state index contributed by atoms with van der Waals surface area (Å²) in [5.74, 6) is -0.511. The van der Waals surface area contributed by atoms with E-state index in [0.717, 1.165) is 31.6 Å². The monoisotopic (exact) mass is 420 g/mol. The van der Waals surface area contributed by atoms with Gasteiger partial charge in [-0.05, 0) is 71.8 Å². The third-order valence-electron chi connectivity index (χ3n) is 4.67. The molecule has 2 amide bonds. The van der Waals surface area contributed by atoms with Gasteiger partial charge in [0.05, 0.1) is 11.7 Å². The first kappa shape index (κ1) is 22.8. The van der Waals surface area contributed by atoms with E-state index < -0.39 is 0 Å². The first-order valence-electron chi connectivity index (χ1n) is 9.61. The fourth-order valence-corrected chi connectivity index (χ4v) is 3.29. The molecule has 2 aromatic rings. The van der Waals surface area contributed by atoms with Gasteiger partial charge in [-0.25, -0.2) is 4.68 Å². The molecule has 3 N–H and O–H groups in total. The second-order valence-electron chi connectivity index (χ2n) is 8.19. The van der Waals surface area contributed by atoms with Gasteiger partial charge in [0, 0.05) is 16.8 Å². The molecule has 0 aliphatic carbocycles. The SMILES string of the molecule is Cc1c(C(=O)Nc2cccc(C(=O)NC(C)(C)C)c2)nnn1C1CCNCC1.Cl. The number of nitrogens with zero attached hydrogens (tertiary/aromatic N) is 3. The number of carbonyl (C=O) groups is 2. The number of amides is 2. The summed E-state index contributed by atoms with van der Waals surface area (Å²) in [6.45, 7) is 9.51. The zero-order valence-electron chi connectivity index (χ0n) is 17.3. The van der Waals surface area contributed by atoms with E-state index >= 15 is 0 Å². The molecule has 1 fully saturated rings. The molecule has 1 aliphatic heterocycles. The average Bonchev–Trinajstić information content (AvgIpc) is 3.03. The molecule has 1 aromatic carbocycles. The molecule has 1 aliphatic rings. The number of anilines is 1. The molecule has 0 bridgehead atoms. The number of halogens is 1. The van der Waals surface area contributed by atoms with Crippen molar-refractivity contribution >= 4 is 29.9 Å². The number of carbonyl (C=O) groups excluding carboxylic acids is 2. The zero-order valence-corrected chi connectivity index (χ0v) is 18.1. The average molecular weight is 421 g/mol. The number of piperidine rings is 1. The van der Waals surface area contributed by atoms with Crippen molar-refractivity contribution < 1.29 is 9.59 Å². The van der Waals surface area contributed by atoms with Gasteiger partial charge >= 0.3 is 0 Å². The lowest BCUT2D eigenvalue weighted by atomic mass is 10.1. The lowest BCUT2D eigenvalue weighted by molar-refractivity contribution is 0.0918. The number of nitrogens with one attached hydrogen (secondary N) is 3. The van der Waals surface area contributed by atoms with Crippen molar-refractivity contribution in [2.45, 2.75) is 52.1 Å². The van der Waals surface area contributed by atoms with Crippen LogP contribution in [0, 0.1) is 6.92 Å². The summed E-state index contributed by atoms with van der Waals surface area (Å²) in [4.78, 5) is 25.0. The number of rotatable bonds is 4. The Morgan fingerprint density at radius 2 is 1.86 bits per heavy atom. The molecule has 1 aromatic heterocycles. The van der Waals surface area contributed by atoms with Crippen LogP contribution in [0.2, 0.25) is 0 Å². The van der Waals surface area contributed by atoms with Crippen LogP contribution < -0.4 is 16.0 Å². The summed E-state index contributed by atoms with van der Waals surface area (Å²) in [6, 6.07) is 7.13. The maximum atomic E-state index is 12.7. The van der Waals surface area contributed by atoms with Gasteiger partial charge < -0.3 is 16.0 Å². The Balaban J connectivity index is 0.00000300. The van der Waals surface area contributed by atoms with E-state index in [-0.39, 0.29) is 35.8 Å². The van der Waals surface area contributed by atoms with Crippen LogP contribution in [0.1, 0.15) is 66.2 Å². The van der Waals surface area contributed by atoms with E-state index in [2.05, 4.69) is 26.3 Å². The summed E-state index contributed by atoms with van der Waals surface area (Å²) in [6.07, 6.45) is 1.94. The first-order valence-corrected chi connectivity index (χ1v) is 9.61. The molecule has 9 heteroatoms. The molecule has 0 saturated carbocycles. The lowest BCUT2D eigenvalue weighted by Gasteiger charge is -2.23. The first-order chi connectivity index (χ1) is 13.2. The van der Waals surface area contributed by atoms with Crippen LogP contribution in [0.3, 0.4) is 0 Å². The van der Waals surface area contributed by atoms with Crippen LogP contribution in [0.4, 0.5) is 5.69 Å². The van der Waals surface area contributed by atoms with Gasteiger partial charge in [-0.3, -0.25) is 9.59 Å². The maximum absolute atomic E-state index is 12.7. The molecular weight excluding hydrogens is 392 g/mol. The minimum atomic E-state index is -0.333. The number of benzene rings is 1. The molecule has 0 atom stereocenters. The van der Waals surface area contributed by atoms with Gasteiger partial charge in [-0.15, -0.1) is 17.5 Å². The van der Waals surface area contributed by atoms with Crippen LogP contribution in [0.5, 0.6) is 0 Å². The van der Waals surface area contributed by atoms with Gasteiger partial charge in [0.15, 0.2) is 5.69 Å². The fourth-order valence-electron chi connectivity index (χ4n) is 3.29. The minimum absolute atomic E-state index is 0. The Bertz CT molecular complexity index is 868. The highest BCUT2D eigenvalue weighted by Gasteiger charge is 2.23. The third-order valence-corrected chi connectivity index (χ3v) is 4.67. The maximum Gasteiger partial charge on any atom is 0.278 e. The second-order valence-corrected chi connectivity index (χ2v) is 8.19. The number of aromatic nitrogens is 3. The van der Waals surface area contributed by atoms with Crippen LogP contribution in [-0.4, -0.2) is 45.4 Å². The summed E-state index contributed by atoms with van der Waals surface area (Å²) < 4.78 is 1.85.